The minimum Gasteiger partial charge on any atom is -0.482 e. The average molecular weight is 209 g/mol. The van der Waals surface area contributed by atoms with Gasteiger partial charge in [-0.1, -0.05) is 6.07 Å². The first-order chi connectivity index (χ1) is 6.98. The van der Waals surface area contributed by atoms with Crippen LogP contribution >= 0.6 is 0 Å². The summed E-state index contributed by atoms with van der Waals surface area (Å²) in [4.78, 5) is 11.5. The fourth-order valence-electron chi connectivity index (χ4n) is 1.60. The van der Waals surface area contributed by atoms with Crippen molar-refractivity contribution in [2.45, 2.75) is 25.9 Å². The number of halogens is 1. The molecule has 4 heteroatoms. The summed E-state index contributed by atoms with van der Waals surface area (Å²) < 4.78 is 18.9. The lowest BCUT2D eigenvalue weighted by Crippen LogP contribution is -2.31. The van der Waals surface area contributed by atoms with Crippen LogP contribution in [-0.4, -0.2) is 11.5 Å². The fourth-order valence-corrected chi connectivity index (χ4v) is 1.60. The molecule has 0 saturated carbocycles. The van der Waals surface area contributed by atoms with Gasteiger partial charge in [0.05, 0.1) is 12.1 Å². The second-order valence-corrected chi connectivity index (χ2v) is 4.20. The zero-order valence-corrected chi connectivity index (χ0v) is 8.63. The maximum Gasteiger partial charge on any atom is 0.228 e. The van der Waals surface area contributed by atoms with Gasteiger partial charge in [-0.05, 0) is 26.0 Å². The van der Waals surface area contributed by atoms with Gasteiger partial charge in [0.15, 0.2) is 11.6 Å². The van der Waals surface area contributed by atoms with Gasteiger partial charge in [-0.15, -0.1) is 0 Å². The largest absolute Gasteiger partial charge is 0.482 e. The zero-order valence-electron chi connectivity index (χ0n) is 8.63. The highest BCUT2D eigenvalue weighted by molar-refractivity contribution is 5.93. The van der Waals surface area contributed by atoms with Gasteiger partial charge in [-0.25, -0.2) is 4.39 Å². The minimum atomic E-state index is -0.683. The Balaban J connectivity index is 2.50. The molecular weight excluding hydrogens is 197 g/mol. The average Bonchev–Trinajstić information content (AvgIpc) is 2.20. The molecule has 0 fully saturated rings. The molecule has 80 valence electrons. The first-order valence-electron chi connectivity index (χ1n) is 4.75. The van der Waals surface area contributed by atoms with E-state index in [4.69, 9.17) is 4.74 Å². The number of ether oxygens (including phenoxy) is 1. The van der Waals surface area contributed by atoms with Crippen molar-refractivity contribution < 1.29 is 13.9 Å². The Hall–Kier alpha value is -1.58. The van der Waals surface area contributed by atoms with E-state index < -0.39 is 11.4 Å². The third-order valence-electron chi connectivity index (χ3n) is 2.21. The molecule has 0 aromatic heterocycles. The normalized spacial score (nSPS) is 18.5. The van der Waals surface area contributed by atoms with Crippen LogP contribution in [0.1, 0.15) is 20.3 Å². The quantitative estimate of drug-likeness (QED) is 0.712. The molecule has 0 atom stereocenters. The van der Waals surface area contributed by atoms with Crippen LogP contribution in [0, 0.1) is 5.82 Å². The standard InChI is InChI=1S/C11H12FNO2/c1-11(2)6-9(14)13-8-5-3-4-7(12)10(8)15-11/h3-5H,6H2,1-2H3,(H,13,14). The summed E-state index contributed by atoms with van der Waals surface area (Å²) >= 11 is 0. The number of hydrogen-bond acceptors (Lipinski definition) is 2. The molecule has 2 rings (SSSR count). The summed E-state index contributed by atoms with van der Waals surface area (Å²) in [7, 11) is 0. The molecule has 0 saturated heterocycles. The zero-order chi connectivity index (χ0) is 11.1. The van der Waals surface area contributed by atoms with Crippen LogP contribution < -0.4 is 10.1 Å². The lowest BCUT2D eigenvalue weighted by atomic mass is 10.1. The summed E-state index contributed by atoms with van der Waals surface area (Å²) in [6.45, 7) is 3.52. The lowest BCUT2D eigenvalue weighted by Gasteiger charge is -2.23. The van der Waals surface area contributed by atoms with Gasteiger partial charge < -0.3 is 10.1 Å². The van der Waals surface area contributed by atoms with E-state index in [0.717, 1.165) is 0 Å². The van der Waals surface area contributed by atoms with Gasteiger partial charge >= 0.3 is 0 Å². The van der Waals surface area contributed by atoms with Crippen molar-refractivity contribution >= 4 is 11.6 Å². The molecule has 0 unspecified atom stereocenters. The summed E-state index contributed by atoms with van der Waals surface area (Å²) in [6.07, 6.45) is 0.209. The first kappa shape index (κ1) is 9.96. The van der Waals surface area contributed by atoms with Crippen molar-refractivity contribution in [1.29, 1.82) is 0 Å². The Morgan fingerprint density at radius 3 is 2.93 bits per heavy atom. The number of para-hydroxylation sites is 1. The monoisotopic (exact) mass is 209 g/mol. The lowest BCUT2D eigenvalue weighted by molar-refractivity contribution is -0.118. The molecule has 1 amide bonds. The van der Waals surface area contributed by atoms with Gasteiger partial charge in [-0.2, -0.15) is 0 Å². The molecule has 0 radical (unpaired) electrons. The van der Waals surface area contributed by atoms with E-state index in [-0.39, 0.29) is 18.1 Å². The van der Waals surface area contributed by atoms with Crippen LogP contribution in [0.2, 0.25) is 0 Å². The van der Waals surface area contributed by atoms with Crippen LogP contribution in [0.25, 0.3) is 0 Å². The number of amides is 1. The predicted molar refractivity (Wildman–Crippen MR) is 54.4 cm³/mol. The van der Waals surface area contributed by atoms with E-state index >= 15 is 0 Å². The highest BCUT2D eigenvalue weighted by Gasteiger charge is 2.30. The van der Waals surface area contributed by atoms with Crippen LogP contribution in [0.5, 0.6) is 5.75 Å². The van der Waals surface area contributed by atoms with E-state index in [0.29, 0.717) is 5.69 Å². The molecule has 1 aromatic rings. The Kier molecular flexibility index (Phi) is 2.14. The van der Waals surface area contributed by atoms with Gasteiger partial charge in [0.25, 0.3) is 0 Å². The molecule has 1 heterocycles. The maximum atomic E-state index is 13.4. The molecule has 1 aliphatic heterocycles. The number of nitrogens with one attached hydrogen (secondary N) is 1. The van der Waals surface area contributed by atoms with E-state index in [1.807, 2.05) is 0 Å². The van der Waals surface area contributed by atoms with Crippen molar-refractivity contribution in [3.05, 3.63) is 24.0 Å². The van der Waals surface area contributed by atoms with E-state index in [9.17, 15) is 9.18 Å². The van der Waals surface area contributed by atoms with E-state index in [2.05, 4.69) is 5.32 Å². The van der Waals surface area contributed by atoms with Crippen LogP contribution in [-0.2, 0) is 4.79 Å². The molecule has 3 nitrogen and oxygen atoms in total. The number of carbonyl (C=O) groups is 1. The van der Waals surface area contributed by atoms with Crippen molar-refractivity contribution in [3.8, 4) is 5.75 Å². The highest BCUT2D eigenvalue weighted by atomic mass is 19.1. The number of rotatable bonds is 0. The van der Waals surface area contributed by atoms with Crippen molar-refractivity contribution in [2.75, 3.05) is 5.32 Å². The molecule has 15 heavy (non-hydrogen) atoms. The SMILES string of the molecule is CC1(C)CC(=O)Nc2cccc(F)c2O1. The number of benzene rings is 1. The summed E-state index contributed by atoms with van der Waals surface area (Å²) in [5.74, 6) is -0.500. The van der Waals surface area contributed by atoms with E-state index in [1.54, 1.807) is 19.9 Å². The number of anilines is 1. The number of fused-ring (bicyclic) bond motifs is 1. The van der Waals surface area contributed by atoms with Crippen LogP contribution in [0.3, 0.4) is 0 Å². The van der Waals surface area contributed by atoms with Crippen LogP contribution in [0.4, 0.5) is 10.1 Å². The molecule has 0 bridgehead atoms. The summed E-state index contributed by atoms with van der Waals surface area (Å²) in [5, 5.41) is 2.61. The summed E-state index contributed by atoms with van der Waals surface area (Å²) in [5.41, 5.74) is -0.289. The van der Waals surface area contributed by atoms with Crippen molar-refractivity contribution in [2.24, 2.45) is 0 Å². The topological polar surface area (TPSA) is 38.3 Å². The smallest absolute Gasteiger partial charge is 0.228 e. The summed E-state index contributed by atoms with van der Waals surface area (Å²) in [6, 6.07) is 4.47. The minimum absolute atomic E-state index is 0.119. The van der Waals surface area contributed by atoms with Gasteiger partial charge in [0, 0.05) is 0 Å². The number of hydrogen-bond donors (Lipinski definition) is 1. The molecule has 0 spiro atoms. The Labute approximate surface area is 87.2 Å². The Morgan fingerprint density at radius 1 is 1.47 bits per heavy atom. The van der Waals surface area contributed by atoms with Gasteiger partial charge in [0.1, 0.15) is 5.60 Å². The number of carbonyl (C=O) groups excluding carboxylic acids is 1. The van der Waals surface area contributed by atoms with Crippen molar-refractivity contribution in [1.82, 2.24) is 0 Å². The predicted octanol–water partition coefficient (Wildman–Crippen LogP) is 2.33. The van der Waals surface area contributed by atoms with E-state index in [1.165, 1.54) is 12.1 Å². The Morgan fingerprint density at radius 2 is 2.20 bits per heavy atom. The van der Waals surface area contributed by atoms with Crippen molar-refractivity contribution in [3.63, 3.8) is 0 Å². The molecule has 1 N–H and O–H groups in total. The van der Waals surface area contributed by atoms with Gasteiger partial charge in [0.2, 0.25) is 5.91 Å². The molecular formula is C11H12FNO2. The molecule has 0 aliphatic carbocycles. The highest BCUT2D eigenvalue weighted by Crippen LogP contribution is 2.34. The first-order valence-corrected chi connectivity index (χ1v) is 4.75. The maximum absolute atomic E-state index is 13.4. The fraction of sp³-hybridized carbons (Fsp3) is 0.364. The molecule has 1 aliphatic rings. The second kappa shape index (κ2) is 3.22. The molecule has 1 aromatic carbocycles. The van der Waals surface area contributed by atoms with Crippen LogP contribution in [0.15, 0.2) is 18.2 Å². The van der Waals surface area contributed by atoms with Gasteiger partial charge in [-0.3, -0.25) is 4.79 Å². The third kappa shape index (κ3) is 1.93. The Bertz CT molecular complexity index is 415. The third-order valence-corrected chi connectivity index (χ3v) is 2.21. The second-order valence-electron chi connectivity index (χ2n) is 4.20.